The monoisotopic (exact) mass is 328 g/mol. The number of methoxy groups -OCH3 is 1. The van der Waals surface area contributed by atoms with Gasteiger partial charge in [-0.3, -0.25) is 0 Å². The summed E-state index contributed by atoms with van der Waals surface area (Å²) in [6, 6.07) is 13.8. The van der Waals surface area contributed by atoms with Crippen LogP contribution in [-0.2, 0) is 15.3 Å². The van der Waals surface area contributed by atoms with E-state index in [1.54, 1.807) is 43.5 Å². The summed E-state index contributed by atoms with van der Waals surface area (Å²) in [6.45, 7) is 6.25. The van der Waals surface area contributed by atoms with Gasteiger partial charge in [-0.15, -0.1) is 0 Å². The Kier molecular flexibility index (Phi) is 4.82. The van der Waals surface area contributed by atoms with Crippen molar-refractivity contribution in [2.24, 2.45) is 0 Å². The Labute approximate surface area is 138 Å². The van der Waals surface area contributed by atoms with Crippen LogP contribution in [0.4, 0.5) is 0 Å². The van der Waals surface area contributed by atoms with Crippen LogP contribution < -0.4 is 4.74 Å². The van der Waals surface area contributed by atoms with Gasteiger partial charge < -0.3 is 4.74 Å². The number of hydrogen-bond acceptors (Lipinski definition) is 3. The van der Waals surface area contributed by atoms with E-state index in [1.165, 1.54) is 0 Å². The summed E-state index contributed by atoms with van der Waals surface area (Å²) in [6.07, 6.45) is 0. The van der Waals surface area contributed by atoms with Crippen LogP contribution in [0, 0.1) is 11.2 Å². The van der Waals surface area contributed by atoms with Gasteiger partial charge in [0.1, 0.15) is 5.75 Å². The van der Waals surface area contributed by atoms with Crippen molar-refractivity contribution in [3.63, 3.8) is 0 Å². The Morgan fingerprint density at radius 3 is 1.96 bits per heavy atom. The van der Waals surface area contributed by atoms with Crippen LogP contribution in [0.15, 0.2) is 53.4 Å². The fourth-order valence-electron chi connectivity index (χ4n) is 1.99. The van der Waals surface area contributed by atoms with Crippen LogP contribution in [0.5, 0.6) is 5.75 Å². The van der Waals surface area contributed by atoms with E-state index >= 15 is 0 Å². The van der Waals surface area contributed by atoms with Crippen molar-refractivity contribution >= 4 is 9.84 Å². The molecule has 0 atom stereocenters. The Balaban J connectivity index is 2.27. The largest absolute Gasteiger partial charge is 0.497 e. The molecule has 0 radical (unpaired) electrons. The summed E-state index contributed by atoms with van der Waals surface area (Å²) in [5.74, 6) is 3.39. The minimum Gasteiger partial charge on any atom is -0.497 e. The van der Waals surface area contributed by atoms with Gasteiger partial charge >= 0.3 is 0 Å². The third kappa shape index (κ3) is 4.37. The molecule has 2 aromatic carbocycles. The zero-order valence-electron chi connectivity index (χ0n) is 13.8. The van der Waals surface area contributed by atoms with E-state index in [-0.39, 0.29) is 10.3 Å². The molecule has 0 saturated carbocycles. The minimum atomic E-state index is -3.63. The average molecular weight is 328 g/mol. The van der Waals surface area contributed by atoms with Crippen LogP contribution in [-0.4, -0.2) is 15.5 Å². The van der Waals surface area contributed by atoms with Crippen LogP contribution >= 0.6 is 0 Å². The lowest BCUT2D eigenvalue weighted by Crippen LogP contribution is -2.11. The van der Waals surface area contributed by atoms with E-state index in [4.69, 9.17) is 4.74 Å². The Hall–Kier alpha value is -2.25. The number of rotatable bonds is 2. The van der Waals surface area contributed by atoms with Gasteiger partial charge in [-0.25, -0.2) is 8.42 Å². The SMILES string of the molecule is COc1ccc(C#CS(=O)(=O)c2ccc(C(C)(C)C)cc2)cc1. The van der Waals surface area contributed by atoms with Crippen LogP contribution in [0.25, 0.3) is 0 Å². The van der Waals surface area contributed by atoms with Crippen molar-refractivity contribution in [1.29, 1.82) is 0 Å². The van der Waals surface area contributed by atoms with Crippen molar-refractivity contribution in [3.05, 3.63) is 59.7 Å². The van der Waals surface area contributed by atoms with Crippen molar-refractivity contribution in [2.45, 2.75) is 31.1 Å². The van der Waals surface area contributed by atoms with Gasteiger partial charge in [0, 0.05) is 10.8 Å². The van der Waals surface area contributed by atoms with Crippen LogP contribution in [0.2, 0.25) is 0 Å². The van der Waals surface area contributed by atoms with E-state index in [0.717, 1.165) is 5.56 Å². The topological polar surface area (TPSA) is 43.4 Å². The highest BCUT2D eigenvalue weighted by Gasteiger charge is 2.16. The van der Waals surface area contributed by atoms with Crippen LogP contribution in [0.1, 0.15) is 31.9 Å². The second-order valence-electron chi connectivity index (χ2n) is 6.23. The molecule has 0 aliphatic rings. The lowest BCUT2D eigenvalue weighted by Gasteiger charge is -2.18. The maximum Gasteiger partial charge on any atom is 0.245 e. The maximum atomic E-state index is 12.3. The van der Waals surface area contributed by atoms with E-state index in [1.807, 2.05) is 12.1 Å². The molecule has 0 aliphatic heterocycles. The van der Waals surface area contributed by atoms with Crippen molar-refractivity contribution in [2.75, 3.05) is 7.11 Å². The van der Waals surface area contributed by atoms with Crippen LogP contribution in [0.3, 0.4) is 0 Å². The van der Waals surface area contributed by atoms with Gasteiger partial charge in [-0.05, 0) is 53.3 Å². The number of benzene rings is 2. The Morgan fingerprint density at radius 1 is 0.913 bits per heavy atom. The first-order chi connectivity index (χ1) is 10.7. The molecule has 0 N–H and O–H groups in total. The molecule has 0 heterocycles. The summed E-state index contributed by atoms with van der Waals surface area (Å²) in [5.41, 5.74) is 1.69. The quantitative estimate of drug-likeness (QED) is 0.788. The molecule has 0 saturated heterocycles. The fraction of sp³-hybridized carbons (Fsp3) is 0.263. The molecule has 0 aliphatic carbocycles. The highest BCUT2D eigenvalue weighted by molar-refractivity contribution is 7.96. The van der Waals surface area contributed by atoms with E-state index in [2.05, 4.69) is 31.9 Å². The molecule has 0 aromatic heterocycles. The second-order valence-corrected chi connectivity index (χ2v) is 7.92. The molecule has 23 heavy (non-hydrogen) atoms. The summed E-state index contributed by atoms with van der Waals surface area (Å²) in [4.78, 5) is 0.214. The lowest BCUT2D eigenvalue weighted by molar-refractivity contribution is 0.415. The van der Waals surface area contributed by atoms with Gasteiger partial charge in [-0.2, -0.15) is 0 Å². The van der Waals surface area contributed by atoms with E-state index in [0.29, 0.717) is 11.3 Å². The van der Waals surface area contributed by atoms with E-state index < -0.39 is 9.84 Å². The van der Waals surface area contributed by atoms with Crippen molar-refractivity contribution in [3.8, 4) is 16.9 Å². The zero-order valence-corrected chi connectivity index (χ0v) is 14.6. The first kappa shape index (κ1) is 17.1. The average Bonchev–Trinajstić information content (AvgIpc) is 2.53. The molecule has 2 aromatic rings. The van der Waals surface area contributed by atoms with Gasteiger partial charge in [0.25, 0.3) is 0 Å². The standard InChI is InChI=1S/C19H20O3S/c1-19(2,3)16-7-11-18(12-8-16)23(20,21)14-13-15-5-9-17(22-4)10-6-15/h5-12H,1-4H3. The molecule has 0 fully saturated rings. The molecule has 0 bridgehead atoms. The molecule has 3 nitrogen and oxygen atoms in total. The zero-order chi connectivity index (χ0) is 17.1. The Morgan fingerprint density at radius 2 is 1.48 bits per heavy atom. The molecule has 0 spiro atoms. The minimum absolute atomic E-state index is 0.0168. The number of sulfone groups is 1. The first-order valence-electron chi connectivity index (χ1n) is 7.25. The van der Waals surface area contributed by atoms with Gasteiger partial charge in [0.05, 0.1) is 12.0 Å². The first-order valence-corrected chi connectivity index (χ1v) is 8.73. The third-order valence-corrected chi connectivity index (χ3v) is 4.71. The van der Waals surface area contributed by atoms with Crippen molar-refractivity contribution in [1.82, 2.24) is 0 Å². The second kappa shape index (κ2) is 6.47. The molecule has 120 valence electrons. The molecular weight excluding hydrogens is 308 g/mol. The Bertz CT molecular complexity index is 829. The predicted molar refractivity (Wildman–Crippen MR) is 92.2 cm³/mol. The summed E-state index contributed by atoms with van der Waals surface area (Å²) < 4.78 is 29.6. The molecule has 0 amide bonds. The van der Waals surface area contributed by atoms with E-state index in [9.17, 15) is 8.42 Å². The molecular formula is C19H20O3S. The van der Waals surface area contributed by atoms with Gasteiger partial charge in [-0.1, -0.05) is 32.9 Å². The normalized spacial score (nSPS) is 11.5. The smallest absolute Gasteiger partial charge is 0.245 e. The van der Waals surface area contributed by atoms with Gasteiger partial charge in [0.2, 0.25) is 9.84 Å². The highest BCUT2D eigenvalue weighted by atomic mass is 32.2. The fourth-order valence-corrected chi connectivity index (χ4v) is 2.86. The van der Waals surface area contributed by atoms with Crippen molar-refractivity contribution < 1.29 is 13.2 Å². The number of hydrogen-bond donors (Lipinski definition) is 0. The third-order valence-electron chi connectivity index (χ3n) is 3.45. The summed E-state index contributed by atoms with van der Waals surface area (Å²) >= 11 is 0. The maximum absolute atomic E-state index is 12.3. The molecule has 4 heteroatoms. The summed E-state index contributed by atoms with van der Waals surface area (Å²) in [5, 5.41) is 2.37. The number of ether oxygens (including phenoxy) is 1. The molecule has 0 unspecified atom stereocenters. The lowest BCUT2D eigenvalue weighted by atomic mass is 9.87. The summed E-state index contributed by atoms with van der Waals surface area (Å²) in [7, 11) is -2.05. The molecule has 2 rings (SSSR count). The predicted octanol–water partition coefficient (Wildman–Crippen LogP) is 3.78. The highest BCUT2D eigenvalue weighted by Crippen LogP contribution is 2.23. The van der Waals surface area contributed by atoms with Gasteiger partial charge in [0.15, 0.2) is 0 Å².